The van der Waals surface area contributed by atoms with E-state index in [1.54, 1.807) is 24.3 Å². The predicted molar refractivity (Wildman–Crippen MR) is 91.4 cm³/mol. The van der Waals surface area contributed by atoms with Crippen LogP contribution < -0.4 is 16.2 Å². The molecule has 0 unspecified atom stereocenters. The lowest BCUT2D eigenvalue weighted by Crippen LogP contribution is -2.43. The predicted octanol–water partition coefficient (Wildman–Crippen LogP) is 3.33. The summed E-state index contributed by atoms with van der Waals surface area (Å²) in [6.45, 7) is 0. The molecule has 0 aliphatic carbocycles. The number of carbonyl (C=O) groups excluding carboxylic acids is 1. The Balaban J connectivity index is 1.91. The quantitative estimate of drug-likeness (QED) is 0.491. The van der Waals surface area contributed by atoms with Gasteiger partial charge in [0.15, 0.2) is 5.11 Å². The SMILES string of the molecule is O=C(NNC(=S)Nc1ccc(Cl)cc1)c1cc(Cl)ccc1O. The number of anilines is 1. The van der Waals surface area contributed by atoms with Gasteiger partial charge in [0.2, 0.25) is 0 Å². The fourth-order valence-corrected chi connectivity index (χ4v) is 2.03. The minimum Gasteiger partial charge on any atom is -0.507 e. The maximum Gasteiger partial charge on any atom is 0.273 e. The van der Waals surface area contributed by atoms with E-state index in [4.69, 9.17) is 35.4 Å². The Morgan fingerprint density at radius 3 is 2.32 bits per heavy atom. The first-order valence-corrected chi connectivity index (χ1v) is 7.23. The number of benzene rings is 2. The van der Waals surface area contributed by atoms with Crippen LogP contribution >= 0.6 is 35.4 Å². The molecule has 1 amide bonds. The highest BCUT2D eigenvalue weighted by molar-refractivity contribution is 7.80. The van der Waals surface area contributed by atoms with Crippen LogP contribution in [0, 0.1) is 0 Å². The van der Waals surface area contributed by atoms with Gasteiger partial charge < -0.3 is 10.4 Å². The number of amides is 1. The van der Waals surface area contributed by atoms with Crippen LogP contribution in [0.2, 0.25) is 10.0 Å². The van der Waals surface area contributed by atoms with Crippen LogP contribution in [0.3, 0.4) is 0 Å². The summed E-state index contributed by atoms with van der Waals surface area (Å²) in [5, 5.41) is 13.6. The van der Waals surface area contributed by atoms with Gasteiger partial charge in [-0.15, -0.1) is 0 Å². The van der Waals surface area contributed by atoms with Gasteiger partial charge in [0.1, 0.15) is 5.75 Å². The van der Waals surface area contributed by atoms with Crippen molar-refractivity contribution in [3.63, 3.8) is 0 Å². The minimum absolute atomic E-state index is 0.0364. The normalized spacial score (nSPS) is 9.91. The Morgan fingerprint density at radius 2 is 1.64 bits per heavy atom. The number of thiocarbonyl (C=S) groups is 1. The zero-order valence-corrected chi connectivity index (χ0v) is 13.4. The number of hydrogen-bond donors (Lipinski definition) is 4. The molecule has 114 valence electrons. The summed E-state index contributed by atoms with van der Waals surface area (Å²) in [5.74, 6) is -0.750. The van der Waals surface area contributed by atoms with Gasteiger partial charge in [-0.05, 0) is 54.7 Å². The molecule has 5 nitrogen and oxygen atoms in total. The third-order valence-electron chi connectivity index (χ3n) is 2.59. The minimum atomic E-state index is -0.569. The summed E-state index contributed by atoms with van der Waals surface area (Å²) < 4.78 is 0. The molecule has 8 heteroatoms. The van der Waals surface area contributed by atoms with Crippen molar-refractivity contribution in [2.75, 3.05) is 5.32 Å². The lowest BCUT2D eigenvalue weighted by molar-refractivity contribution is 0.0941. The van der Waals surface area contributed by atoms with E-state index in [0.29, 0.717) is 15.7 Å². The Bertz CT molecular complexity index is 708. The van der Waals surface area contributed by atoms with E-state index < -0.39 is 5.91 Å². The monoisotopic (exact) mass is 355 g/mol. The van der Waals surface area contributed by atoms with E-state index in [1.165, 1.54) is 18.2 Å². The largest absolute Gasteiger partial charge is 0.507 e. The average Bonchev–Trinajstić information content (AvgIpc) is 2.49. The molecule has 0 aliphatic rings. The third kappa shape index (κ3) is 4.49. The van der Waals surface area contributed by atoms with Crippen molar-refractivity contribution >= 4 is 52.1 Å². The van der Waals surface area contributed by atoms with Gasteiger partial charge >= 0.3 is 0 Å². The van der Waals surface area contributed by atoms with Gasteiger partial charge in [-0.1, -0.05) is 23.2 Å². The van der Waals surface area contributed by atoms with Crippen molar-refractivity contribution in [2.24, 2.45) is 0 Å². The summed E-state index contributed by atoms with van der Waals surface area (Å²) in [7, 11) is 0. The molecule has 2 rings (SSSR count). The van der Waals surface area contributed by atoms with Gasteiger partial charge in [0, 0.05) is 15.7 Å². The van der Waals surface area contributed by atoms with Crippen molar-refractivity contribution in [3.05, 3.63) is 58.1 Å². The summed E-state index contributed by atoms with van der Waals surface area (Å²) >= 11 is 16.6. The van der Waals surface area contributed by atoms with Gasteiger partial charge in [-0.3, -0.25) is 15.6 Å². The molecular formula is C14H11Cl2N3O2S. The van der Waals surface area contributed by atoms with E-state index in [-0.39, 0.29) is 16.4 Å². The fraction of sp³-hybridized carbons (Fsp3) is 0. The molecule has 0 aliphatic heterocycles. The lowest BCUT2D eigenvalue weighted by Gasteiger charge is -2.12. The molecule has 0 spiro atoms. The highest BCUT2D eigenvalue weighted by Crippen LogP contribution is 2.21. The van der Waals surface area contributed by atoms with Crippen LogP contribution in [0.1, 0.15) is 10.4 Å². The smallest absolute Gasteiger partial charge is 0.273 e. The summed E-state index contributed by atoms with van der Waals surface area (Å²) in [6.07, 6.45) is 0. The first-order valence-electron chi connectivity index (χ1n) is 6.07. The van der Waals surface area contributed by atoms with Crippen molar-refractivity contribution in [3.8, 4) is 5.75 Å². The molecule has 22 heavy (non-hydrogen) atoms. The van der Waals surface area contributed by atoms with E-state index in [1.807, 2.05) is 0 Å². The molecule has 2 aromatic rings. The van der Waals surface area contributed by atoms with Gasteiger partial charge in [-0.25, -0.2) is 0 Å². The summed E-state index contributed by atoms with van der Waals surface area (Å²) in [5.41, 5.74) is 5.63. The number of aromatic hydroxyl groups is 1. The van der Waals surface area contributed by atoms with Crippen LogP contribution in [0.5, 0.6) is 5.75 Å². The van der Waals surface area contributed by atoms with E-state index in [9.17, 15) is 9.90 Å². The number of halogens is 2. The number of nitrogens with one attached hydrogen (secondary N) is 3. The first-order chi connectivity index (χ1) is 10.5. The standard InChI is InChI=1S/C14H11Cl2N3O2S/c15-8-1-4-10(5-2-8)17-14(22)19-18-13(21)11-7-9(16)3-6-12(11)20/h1-7,20H,(H,18,21)(H2,17,19,22). The van der Waals surface area contributed by atoms with Crippen LogP contribution in [-0.4, -0.2) is 16.1 Å². The Kier molecular flexibility index (Phi) is 5.43. The highest BCUT2D eigenvalue weighted by atomic mass is 35.5. The third-order valence-corrected chi connectivity index (χ3v) is 3.29. The highest BCUT2D eigenvalue weighted by Gasteiger charge is 2.11. The maximum absolute atomic E-state index is 11.9. The molecule has 0 radical (unpaired) electrons. The lowest BCUT2D eigenvalue weighted by atomic mass is 10.2. The summed E-state index contributed by atoms with van der Waals surface area (Å²) in [6, 6.07) is 11.0. The Morgan fingerprint density at radius 1 is 1.00 bits per heavy atom. The van der Waals surface area contributed by atoms with Crippen LogP contribution in [0.25, 0.3) is 0 Å². The molecule has 0 bridgehead atoms. The van der Waals surface area contributed by atoms with Crippen molar-refractivity contribution in [1.82, 2.24) is 10.9 Å². The second-order valence-electron chi connectivity index (χ2n) is 4.20. The Hall–Kier alpha value is -2.02. The number of rotatable bonds is 2. The second-order valence-corrected chi connectivity index (χ2v) is 5.48. The molecule has 0 fully saturated rings. The fourth-order valence-electron chi connectivity index (χ4n) is 1.57. The van der Waals surface area contributed by atoms with Crippen molar-refractivity contribution in [2.45, 2.75) is 0 Å². The van der Waals surface area contributed by atoms with Gasteiger partial charge in [0.05, 0.1) is 5.56 Å². The molecular weight excluding hydrogens is 345 g/mol. The number of hydrazine groups is 1. The van der Waals surface area contributed by atoms with E-state index in [2.05, 4.69) is 16.2 Å². The molecule has 4 N–H and O–H groups in total. The molecule has 0 saturated heterocycles. The average molecular weight is 356 g/mol. The zero-order valence-electron chi connectivity index (χ0n) is 11.1. The number of carbonyl (C=O) groups is 1. The number of hydrogen-bond acceptors (Lipinski definition) is 3. The first kappa shape index (κ1) is 16.4. The molecule has 2 aromatic carbocycles. The second kappa shape index (κ2) is 7.31. The molecule has 0 atom stereocenters. The zero-order chi connectivity index (χ0) is 16.1. The van der Waals surface area contributed by atoms with Crippen molar-refractivity contribution in [1.29, 1.82) is 0 Å². The van der Waals surface area contributed by atoms with Gasteiger partial charge in [0.25, 0.3) is 5.91 Å². The molecule has 0 heterocycles. The number of phenols is 1. The summed E-state index contributed by atoms with van der Waals surface area (Å²) in [4.78, 5) is 11.9. The van der Waals surface area contributed by atoms with Crippen LogP contribution in [-0.2, 0) is 0 Å². The maximum atomic E-state index is 11.9. The van der Waals surface area contributed by atoms with E-state index in [0.717, 1.165) is 0 Å². The topological polar surface area (TPSA) is 73.4 Å². The van der Waals surface area contributed by atoms with E-state index >= 15 is 0 Å². The Labute approximate surface area is 142 Å². The molecule has 0 saturated carbocycles. The van der Waals surface area contributed by atoms with Crippen molar-refractivity contribution < 1.29 is 9.90 Å². The van der Waals surface area contributed by atoms with Crippen LogP contribution in [0.15, 0.2) is 42.5 Å². The molecule has 0 aromatic heterocycles. The number of phenolic OH excluding ortho intramolecular Hbond substituents is 1. The van der Waals surface area contributed by atoms with Gasteiger partial charge in [-0.2, -0.15) is 0 Å². The van der Waals surface area contributed by atoms with Crippen LogP contribution in [0.4, 0.5) is 5.69 Å².